The van der Waals surface area contributed by atoms with Gasteiger partial charge in [0.1, 0.15) is 11.3 Å². The number of hydrogen-bond donors (Lipinski definition) is 1. The van der Waals surface area contributed by atoms with Crippen molar-refractivity contribution in [2.24, 2.45) is 0 Å². The van der Waals surface area contributed by atoms with Crippen molar-refractivity contribution >= 4 is 23.2 Å². The first-order chi connectivity index (χ1) is 9.10. The van der Waals surface area contributed by atoms with Gasteiger partial charge >= 0.3 is 6.09 Å². The Bertz CT molecular complexity index is 521. The van der Waals surface area contributed by atoms with Gasteiger partial charge in [-0.25, -0.2) is 4.79 Å². The first-order valence-electron chi connectivity index (χ1n) is 6.06. The molecule has 0 saturated heterocycles. The Labute approximate surface area is 117 Å². The van der Waals surface area contributed by atoms with Crippen molar-refractivity contribution in [2.75, 3.05) is 24.3 Å². The maximum absolute atomic E-state index is 11.7. The molecule has 0 heterocycles. The highest BCUT2D eigenvalue weighted by Gasteiger charge is 2.21. The summed E-state index contributed by atoms with van der Waals surface area (Å²) >= 11 is 0. The molecule has 0 aliphatic carbocycles. The Morgan fingerprint density at radius 2 is 1.95 bits per heavy atom. The number of nitrogens with zero attached hydrogens (tertiary/aromatic N) is 2. The summed E-state index contributed by atoms with van der Waals surface area (Å²) in [5.41, 5.74) is -0.0639. The average Bonchev–Trinajstić information content (AvgIpc) is 2.25. The molecule has 1 aromatic carbocycles. The number of nitro groups is 1. The molecule has 1 N–H and O–H groups in total. The fourth-order valence-corrected chi connectivity index (χ4v) is 1.47. The van der Waals surface area contributed by atoms with Gasteiger partial charge in [-0.2, -0.15) is 0 Å². The number of amides is 1. The predicted molar refractivity (Wildman–Crippen MR) is 77.3 cm³/mol. The second kappa shape index (κ2) is 5.77. The Morgan fingerprint density at radius 3 is 2.40 bits per heavy atom. The van der Waals surface area contributed by atoms with E-state index < -0.39 is 16.6 Å². The minimum absolute atomic E-state index is 0.106. The van der Waals surface area contributed by atoms with Crippen LogP contribution in [0.1, 0.15) is 20.8 Å². The standard InChI is InChI=1S/C13H19N3O4/c1-13(2,3)20-12(17)14-10-7-6-9(15(4)5)8-11(10)16(18)19/h6-8H,1-5H3,(H,14,17). The van der Waals surface area contributed by atoms with Gasteiger partial charge in [0, 0.05) is 25.8 Å². The monoisotopic (exact) mass is 281 g/mol. The predicted octanol–water partition coefficient (Wildman–Crippen LogP) is 3.01. The summed E-state index contributed by atoms with van der Waals surface area (Å²) in [7, 11) is 3.56. The topological polar surface area (TPSA) is 84.7 Å². The minimum atomic E-state index is -0.724. The molecule has 0 unspecified atom stereocenters. The fraction of sp³-hybridized carbons (Fsp3) is 0.462. The molecule has 0 fully saturated rings. The summed E-state index contributed by atoms with van der Waals surface area (Å²) in [6.07, 6.45) is -0.724. The summed E-state index contributed by atoms with van der Waals surface area (Å²) in [4.78, 5) is 23.9. The summed E-state index contributed by atoms with van der Waals surface area (Å²) in [6.45, 7) is 5.16. The van der Waals surface area contributed by atoms with Crippen molar-refractivity contribution in [2.45, 2.75) is 26.4 Å². The van der Waals surface area contributed by atoms with Crippen LogP contribution in [-0.2, 0) is 4.74 Å². The van der Waals surface area contributed by atoms with E-state index in [4.69, 9.17) is 4.74 Å². The molecule has 7 nitrogen and oxygen atoms in total. The second-order valence-corrected chi connectivity index (χ2v) is 5.48. The average molecular weight is 281 g/mol. The second-order valence-electron chi connectivity index (χ2n) is 5.48. The molecule has 1 rings (SSSR count). The lowest BCUT2D eigenvalue weighted by atomic mass is 10.2. The maximum atomic E-state index is 11.7. The van der Waals surface area contributed by atoms with E-state index in [1.807, 2.05) is 0 Å². The molecular weight excluding hydrogens is 262 g/mol. The number of ether oxygens (including phenoxy) is 1. The molecule has 1 amide bonds. The quantitative estimate of drug-likeness (QED) is 0.680. The number of anilines is 2. The zero-order chi connectivity index (χ0) is 15.5. The van der Waals surface area contributed by atoms with Gasteiger partial charge in [0.2, 0.25) is 0 Å². The Hall–Kier alpha value is -2.31. The van der Waals surface area contributed by atoms with E-state index in [-0.39, 0.29) is 11.4 Å². The van der Waals surface area contributed by atoms with Gasteiger partial charge in [-0.1, -0.05) is 0 Å². The van der Waals surface area contributed by atoms with Crippen molar-refractivity contribution < 1.29 is 14.5 Å². The minimum Gasteiger partial charge on any atom is -0.444 e. The van der Waals surface area contributed by atoms with E-state index in [2.05, 4.69) is 5.32 Å². The van der Waals surface area contributed by atoms with E-state index in [0.717, 1.165) is 0 Å². The molecule has 0 bridgehead atoms. The van der Waals surface area contributed by atoms with Crippen LogP contribution in [0.25, 0.3) is 0 Å². The van der Waals surface area contributed by atoms with Crippen molar-refractivity contribution in [3.05, 3.63) is 28.3 Å². The molecule has 1 aromatic rings. The summed E-state index contributed by atoms with van der Waals surface area (Å²) in [6, 6.07) is 4.56. The zero-order valence-corrected chi connectivity index (χ0v) is 12.3. The first-order valence-corrected chi connectivity index (χ1v) is 6.06. The number of hydrogen-bond acceptors (Lipinski definition) is 5. The molecule has 0 spiro atoms. The first kappa shape index (κ1) is 15.7. The third-order valence-corrected chi connectivity index (χ3v) is 2.33. The maximum Gasteiger partial charge on any atom is 0.412 e. The SMILES string of the molecule is CN(C)c1ccc(NC(=O)OC(C)(C)C)c([N+](=O)[O-])c1. The Balaban J connectivity index is 3.00. The van der Waals surface area contributed by atoms with Gasteiger partial charge in [0.15, 0.2) is 0 Å². The third-order valence-electron chi connectivity index (χ3n) is 2.33. The number of nitro benzene ring substituents is 1. The normalized spacial score (nSPS) is 10.8. The highest BCUT2D eigenvalue weighted by molar-refractivity contribution is 5.88. The van der Waals surface area contributed by atoms with Crippen LogP contribution in [0.3, 0.4) is 0 Å². The molecule has 0 aromatic heterocycles. The molecule has 0 atom stereocenters. The van der Waals surface area contributed by atoms with Crippen LogP contribution in [0.2, 0.25) is 0 Å². The Kier molecular flexibility index (Phi) is 4.54. The highest BCUT2D eigenvalue weighted by Crippen LogP contribution is 2.29. The van der Waals surface area contributed by atoms with Crippen LogP contribution in [-0.4, -0.2) is 30.7 Å². The van der Waals surface area contributed by atoms with Crippen LogP contribution >= 0.6 is 0 Å². The zero-order valence-electron chi connectivity index (χ0n) is 12.3. The van der Waals surface area contributed by atoms with Gasteiger partial charge < -0.3 is 9.64 Å². The molecule has 20 heavy (non-hydrogen) atoms. The number of benzene rings is 1. The van der Waals surface area contributed by atoms with Crippen LogP contribution in [0.15, 0.2) is 18.2 Å². The van der Waals surface area contributed by atoms with Crippen molar-refractivity contribution in [3.8, 4) is 0 Å². The molecular formula is C13H19N3O4. The van der Waals surface area contributed by atoms with Crippen LogP contribution in [0.4, 0.5) is 21.9 Å². The van der Waals surface area contributed by atoms with E-state index >= 15 is 0 Å². The molecule has 0 aliphatic rings. The number of carbonyl (C=O) groups is 1. The number of carbonyl (C=O) groups excluding carboxylic acids is 1. The van der Waals surface area contributed by atoms with E-state index in [1.165, 1.54) is 12.1 Å². The smallest absolute Gasteiger partial charge is 0.412 e. The third kappa shape index (κ3) is 4.42. The lowest BCUT2D eigenvalue weighted by Gasteiger charge is -2.20. The van der Waals surface area contributed by atoms with Crippen molar-refractivity contribution in [3.63, 3.8) is 0 Å². The highest BCUT2D eigenvalue weighted by atomic mass is 16.6. The summed E-state index contributed by atoms with van der Waals surface area (Å²) in [5.74, 6) is 0. The van der Waals surface area contributed by atoms with Crippen LogP contribution < -0.4 is 10.2 Å². The van der Waals surface area contributed by atoms with Gasteiger partial charge in [-0.15, -0.1) is 0 Å². The fourth-order valence-electron chi connectivity index (χ4n) is 1.47. The van der Waals surface area contributed by atoms with E-state index in [9.17, 15) is 14.9 Å². The molecule has 0 aliphatic heterocycles. The molecule has 7 heteroatoms. The van der Waals surface area contributed by atoms with Crippen molar-refractivity contribution in [1.29, 1.82) is 0 Å². The van der Waals surface area contributed by atoms with Crippen LogP contribution in [0, 0.1) is 10.1 Å². The van der Waals surface area contributed by atoms with Gasteiger partial charge in [-0.05, 0) is 32.9 Å². The summed E-state index contributed by atoms with van der Waals surface area (Å²) in [5, 5.41) is 13.5. The molecule has 0 saturated carbocycles. The lowest BCUT2D eigenvalue weighted by Crippen LogP contribution is -2.27. The molecule has 0 radical (unpaired) electrons. The summed E-state index contributed by atoms with van der Waals surface area (Å²) < 4.78 is 5.07. The lowest BCUT2D eigenvalue weighted by molar-refractivity contribution is -0.383. The van der Waals surface area contributed by atoms with Gasteiger partial charge in [-0.3, -0.25) is 15.4 Å². The van der Waals surface area contributed by atoms with Crippen LogP contribution in [0.5, 0.6) is 0 Å². The number of rotatable bonds is 3. The van der Waals surface area contributed by atoms with Gasteiger partial charge in [0.05, 0.1) is 4.92 Å². The largest absolute Gasteiger partial charge is 0.444 e. The van der Waals surface area contributed by atoms with Gasteiger partial charge in [0.25, 0.3) is 5.69 Å². The van der Waals surface area contributed by atoms with Crippen molar-refractivity contribution in [1.82, 2.24) is 0 Å². The Morgan fingerprint density at radius 1 is 1.35 bits per heavy atom. The molecule has 110 valence electrons. The van der Waals surface area contributed by atoms with E-state index in [0.29, 0.717) is 5.69 Å². The number of nitrogens with one attached hydrogen (secondary N) is 1. The van der Waals surface area contributed by atoms with E-state index in [1.54, 1.807) is 45.8 Å².